The Bertz CT molecular complexity index is 280. The zero-order valence-electron chi connectivity index (χ0n) is 7.46. The molecular weight excluding hydrogens is 146 g/mol. The fraction of sp³-hybridized carbons (Fsp3) is 0.455. The van der Waals surface area contributed by atoms with Gasteiger partial charge in [0.1, 0.15) is 0 Å². The number of aryl methyl sites for hydroxylation is 1. The Balaban J connectivity index is 2.27. The van der Waals surface area contributed by atoms with Crippen molar-refractivity contribution in [1.82, 2.24) is 0 Å². The summed E-state index contributed by atoms with van der Waals surface area (Å²) in [6.45, 7) is 2.17. The fourth-order valence-corrected chi connectivity index (χ4v) is 1.91. The molecule has 0 aliphatic heterocycles. The standard InChI is InChI=1S/C11H15N/c1-8-4-2-3-5-9(8)10-6-7-11(10)12/h2-5,10-11H,6-7,12H2,1H3. The summed E-state index contributed by atoms with van der Waals surface area (Å²) >= 11 is 0. The lowest BCUT2D eigenvalue weighted by Gasteiger charge is -2.34. The first-order valence-electron chi connectivity index (χ1n) is 4.60. The van der Waals surface area contributed by atoms with E-state index in [0.717, 1.165) is 0 Å². The summed E-state index contributed by atoms with van der Waals surface area (Å²) in [4.78, 5) is 0. The molecule has 1 aliphatic carbocycles. The van der Waals surface area contributed by atoms with Crippen molar-refractivity contribution in [3.8, 4) is 0 Å². The average molecular weight is 161 g/mol. The lowest BCUT2D eigenvalue weighted by Crippen LogP contribution is -2.37. The summed E-state index contributed by atoms with van der Waals surface area (Å²) in [6, 6.07) is 8.97. The van der Waals surface area contributed by atoms with Crippen molar-refractivity contribution in [2.24, 2.45) is 5.73 Å². The van der Waals surface area contributed by atoms with Gasteiger partial charge in [0, 0.05) is 6.04 Å². The van der Waals surface area contributed by atoms with Crippen molar-refractivity contribution in [3.63, 3.8) is 0 Å². The molecule has 2 atom stereocenters. The van der Waals surface area contributed by atoms with Gasteiger partial charge < -0.3 is 5.73 Å². The monoisotopic (exact) mass is 161 g/mol. The molecular formula is C11H15N. The van der Waals surface area contributed by atoms with Gasteiger partial charge >= 0.3 is 0 Å². The summed E-state index contributed by atoms with van der Waals surface area (Å²) in [5.41, 5.74) is 8.77. The Morgan fingerprint density at radius 3 is 2.50 bits per heavy atom. The van der Waals surface area contributed by atoms with E-state index >= 15 is 0 Å². The zero-order chi connectivity index (χ0) is 8.55. The van der Waals surface area contributed by atoms with Gasteiger partial charge in [-0.05, 0) is 36.8 Å². The molecule has 0 heterocycles. The summed E-state index contributed by atoms with van der Waals surface area (Å²) in [5, 5.41) is 0. The molecule has 1 aromatic rings. The Kier molecular flexibility index (Phi) is 1.89. The molecule has 1 aromatic carbocycles. The van der Waals surface area contributed by atoms with E-state index in [-0.39, 0.29) is 0 Å². The van der Waals surface area contributed by atoms with Crippen LogP contribution in [-0.4, -0.2) is 6.04 Å². The molecule has 0 spiro atoms. The third-order valence-corrected chi connectivity index (χ3v) is 2.92. The second-order valence-corrected chi connectivity index (χ2v) is 3.70. The predicted molar refractivity (Wildman–Crippen MR) is 51.1 cm³/mol. The summed E-state index contributed by atoms with van der Waals surface area (Å²) in [6.07, 6.45) is 2.46. The SMILES string of the molecule is Cc1ccccc1C1CCC1N. The average Bonchev–Trinajstić information content (AvgIpc) is 2.06. The lowest BCUT2D eigenvalue weighted by molar-refractivity contribution is 0.345. The van der Waals surface area contributed by atoms with Gasteiger partial charge in [-0.2, -0.15) is 0 Å². The van der Waals surface area contributed by atoms with Crippen LogP contribution in [0.25, 0.3) is 0 Å². The molecule has 1 aliphatic rings. The van der Waals surface area contributed by atoms with E-state index in [1.54, 1.807) is 0 Å². The summed E-state index contributed by atoms with van der Waals surface area (Å²) < 4.78 is 0. The highest BCUT2D eigenvalue weighted by Crippen LogP contribution is 2.36. The maximum Gasteiger partial charge on any atom is 0.0108 e. The third kappa shape index (κ3) is 1.14. The third-order valence-electron chi connectivity index (χ3n) is 2.92. The second-order valence-electron chi connectivity index (χ2n) is 3.70. The normalized spacial score (nSPS) is 28.2. The van der Waals surface area contributed by atoms with Crippen LogP contribution in [0.5, 0.6) is 0 Å². The van der Waals surface area contributed by atoms with E-state index in [2.05, 4.69) is 31.2 Å². The van der Waals surface area contributed by atoms with Crippen LogP contribution in [0, 0.1) is 6.92 Å². The Morgan fingerprint density at radius 2 is 2.00 bits per heavy atom. The Labute approximate surface area is 73.6 Å². The molecule has 2 N–H and O–H groups in total. The highest BCUT2D eigenvalue weighted by atomic mass is 14.7. The van der Waals surface area contributed by atoms with Gasteiger partial charge in [0.15, 0.2) is 0 Å². The zero-order valence-corrected chi connectivity index (χ0v) is 7.46. The largest absolute Gasteiger partial charge is 0.327 e. The van der Waals surface area contributed by atoms with Gasteiger partial charge in [0.25, 0.3) is 0 Å². The molecule has 1 saturated carbocycles. The Hall–Kier alpha value is -0.820. The second kappa shape index (κ2) is 2.91. The first-order valence-corrected chi connectivity index (χ1v) is 4.60. The van der Waals surface area contributed by atoms with Gasteiger partial charge in [-0.15, -0.1) is 0 Å². The minimum atomic E-state index is 0.408. The van der Waals surface area contributed by atoms with Crippen LogP contribution in [-0.2, 0) is 0 Å². The molecule has 64 valence electrons. The van der Waals surface area contributed by atoms with Gasteiger partial charge in [0.2, 0.25) is 0 Å². The highest BCUT2D eigenvalue weighted by molar-refractivity contribution is 5.31. The highest BCUT2D eigenvalue weighted by Gasteiger charge is 2.29. The molecule has 2 unspecified atom stereocenters. The Morgan fingerprint density at radius 1 is 1.25 bits per heavy atom. The van der Waals surface area contributed by atoms with Crippen LogP contribution in [0.3, 0.4) is 0 Å². The molecule has 0 aromatic heterocycles. The van der Waals surface area contributed by atoms with E-state index in [1.807, 2.05) is 0 Å². The molecule has 0 saturated heterocycles. The van der Waals surface area contributed by atoms with Crippen LogP contribution in [0.1, 0.15) is 29.9 Å². The molecule has 1 heteroatoms. The number of nitrogens with two attached hydrogens (primary N) is 1. The van der Waals surface area contributed by atoms with Crippen molar-refractivity contribution < 1.29 is 0 Å². The number of hydrogen-bond acceptors (Lipinski definition) is 1. The van der Waals surface area contributed by atoms with E-state index in [1.165, 1.54) is 24.0 Å². The summed E-state index contributed by atoms with van der Waals surface area (Å²) in [7, 11) is 0. The van der Waals surface area contributed by atoms with Gasteiger partial charge in [-0.25, -0.2) is 0 Å². The first kappa shape index (κ1) is 7.81. The predicted octanol–water partition coefficient (Wildman–Crippen LogP) is 2.20. The maximum atomic E-state index is 5.92. The minimum Gasteiger partial charge on any atom is -0.327 e. The van der Waals surface area contributed by atoms with Crippen molar-refractivity contribution in [2.45, 2.75) is 31.7 Å². The quantitative estimate of drug-likeness (QED) is 0.671. The van der Waals surface area contributed by atoms with Crippen LogP contribution in [0.15, 0.2) is 24.3 Å². The fourth-order valence-electron chi connectivity index (χ4n) is 1.91. The molecule has 12 heavy (non-hydrogen) atoms. The van der Waals surface area contributed by atoms with E-state index < -0.39 is 0 Å². The molecule has 0 radical (unpaired) electrons. The number of benzene rings is 1. The van der Waals surface area contributed by atoms with Gasteiger partial charge in [-0.3, -0.25) is 0 Å². The van der Waals surface area contributed by atoms with E-state index in [4.69, 9.17) is 5.73 Å². The molecule has 1 nitrogen and oxygen atoms in total. The molecule has 1 fully saturated rings. The summed E-state index contributed by atoms with van der Waals surface area (Å²) in [5.74, 6) is 0.631. The number of hydrogen-bond donors (Lipinski definition) is 1. The topological polar surface area (TPSA) is 26.0 Å². The van der Waals surface area contributed by atoms with Crippen molar-refractivity contribution in [3.05, 3.63) is 35.4 Å². The van der Waals surface area contributed by atoms with Crippen LogP contribution < -0.4 is 5.73 Å². The molecule has 0 amide bonds. The van der Waals surface area contributed by atoms with Crippen LogP contribution >= 0.6 is 0 Å². The van der Waals surface area contributed by atoms with E-state index in [0.29, 0.717) is 12.0 Å². The van der Waals surface area contributed by atoms with Gasteiger partial charge in [-0.1, -0.05) is 24.3 Å². The molecule has 0 bridgehead atoms. The molecule has 2 rings (SSSR count). The smallest absolute Gasteiger partial charge is 0.0108 e. The van der Waals surface area contributed by atoms with E-state index in [9.17, 15) is 0 Å². The lowest BCUT2D eigenvalue weighted by atomic mass is 9.74. The van der Waals surface area contributed by atoms with Crippen molar-refractivity contribution in [1.29, 1.82) is 0 Å². The maximum absolute atomic E-state index is 5.92. The first-order chi connectivity index (χ1) is 5.79. The van der Waals surface area contributed by atoms with Gasteiger partial charge in [0.05, 0.1) is 0 Å². The number of rotatable bonds is 1. The van der Waals surface area contributed by atoms with Crippen molar-refractivity contribution >= 4 is 0 Å². The van der Waals surface area contributed by atoms with Crippen LogP contribution in [0.2, 0.25) is 0 Å². The van der Waals surface area contributed by atoms with Crippen molar-refractivity contribution in [2.75, 3.05) is 0 Å². The minimum absolute atomic E-state index is 0.408. The van der Waals surface area contributed by atoms with Crippen LogP contribution in [0.4, 0.5) is 0 Å².